The number of hydrogen-bond acceptors (Lipinski definition) is 3. The van der Waals surface area contributed by atoms with E-state index in [1.54, 1.807) is 48.6 Å². The third kappa shape index (κ3) is 8.12. The topological polar surface area (TPSA) is 46.5 Å². The molecule has 3 nitrogen and oxygen atoms in total. The van der Waals surface area contributed by atoms with E-state index in [1.807, 2.05) is 12.1 Å². The Labute approximate surface area is 162 Å². The van der Waals surface area contributed by atoms with Crippen molar-refractivity contribution in [1.82, 2.24) is 0 Å². The SMILES string of the molecule is CCCCCCCCCOc1ccc(C(=O)C=Cc2ccc(O)cc2)cc1. The lowest BCUT2D eigenvalue weighted by molar-refractivity contribution is 0.104. The van der Waals surface area contributed by atoms with Crippen LogP contribution >= 0.6 is 0 Å². The second kappa shape index (κ2) is 11.9. The average molecular weight is 367 g/mol. The minimum atomic E-state index is -0.0540. The third-order valence-electron chi connectivity index (χ3n) is 4.48. The summed E-state index contributed by atoms with van der Waals surface area (Å²) in [5.74, 6) is 0.965. The fourth-order valence-corrected chi connectivity index (χ4v) is 2.82. The zero-order chi connectivity index (χ0) is 19.3. The Morgan fingerprint density at radius 1 is 0.889 bits per heavy atom. The second-order valence-electron chi connectivity index (χ2n) is 6.78. The summed E-state index contributed by atoms with van der Waals surface area (Å²) < 4.78 is 5.76. The fraction of sp³-hybridized carbons (Fsp3) is 0.375. The summed E-state index contributed by atoms with van der Waals surface area (Å²) in [6, 6.07) is 14.0. The van der Waals surface area contributed by atoms with Gasteiger partial charge in [-0.25, -0.2) is 0 Å². The van der Waals surface area contributed by atoms with E-state index >= 15 is 0 Å². The number of phenols is 1. The highest BCUT2D eigenvalue weighted by Crippen LogP contribution is 2.15. The van der Waals surface area contributed by atoms with Crippen molar-refractivity contribution < 1.29 is 14.6 Å². The van der Waals surface area contributed by atoms with Gasteiger partial charge in [0.05, 0.1) is 6.61 Å². The molecule has 0 fully saturated rings. The van der Waals surface area contributed by atoms with Crippen molar-refractivity contribution in [1.29, 1.82) is 0 Å². The Bertz CT molecular complexity index is 699. The first-order valence-electron chi connectivity index (χ1n) is 9.93. The van der Waals surface area contributed by atoms with Crippen LogP contribution in [0.5, 0.6) is 11.5 Å². The number of carbonyl (C=O) groups is 1. The summed E-state index contributed by atoms with van der Waals surface area (Å²) in [5, 5.41) is 9.27. The number of benzene rings is 2. The molecular weight excluding hydrogens is 336 g/mol. The second-order valence-corrected chi connectivity index (χ2v) is 6.78. The van der Waals surface area contributed by atoms with Crippen LogP contribution in [0.15, 0.2) is 54.6 Å². The van der Waals surface area contributed by atoms with E-state index in [0.29, 0.717) is 5.56 Å². The number of phenolic OH excluding ortho intramolecular Hbond substituents is 1. The standard InChI is InChI=1S/C24H30O3/c1-2-3-4-5-6-7-8-19-27-23-16-12-21(13-17-23)24(26)18-11-20-9-14-22(25)15-10-20/h9-18,25H,2-8,19H2,1H3. The molecule has 144 valence electrons. The molecule has 0 bridgehead atoms. The van der Waals surface area contributed by atoms with Crippen LogP contribution in [0.2, 0.25) is 0 Å². The first kappa shape index (κ1) is 20.8. The molecule has 0 aliphatic rings. The molecule has 0 heterocycles. The van der Waals surface area contributed by atoms with Gasteiger partial charge in [0.2, 0.25) is 0 Å². The summed E-state index contributed by atoms with van der Waals surface area (Å²) in [7, 11) is 0. The summed E-state index contributed by atoms with van der Waals surface area (Å²) in [6.45, 7) is 2.96. The number of hydrogen-bond donors (Lipinski definition) is 1. The third-order valence-corrected chi connectivity index (χ3v) is 4.48. The van der Waals surface area contributed by atoms with Crippen molar-refractivity contribution in [3.63, 3.8) is 0 Å². The number of unbranched alkanes of at least 4 members (excludes halogenated alkanes) is 6. The highest BCUT2D eigenvalue weighted by atomic mass is 16.5. The number of carbonyl (C=O) groups excluding carboxylic acids is 1. The van der Waals surface area contributed by atoms with Crippen molar-refractivity contribution >= 4 is 11.9 Å². The van der Waals surface area contributed by atoms with Crippen LogP contribution in [-0.2, 0) is 0 Å². The fourth-order valence-electron chi connectivity index (χ4n) is 2.82. The van der Waals surface area contributed by atoms with Crippen molar-refractivity contribution in [3.05, 3.63) is 65.7 Å². The van der Waals surface area contributed by atoms with Crippen LogP contribution in [-0.4, -0.2) is 17.5 Å². The molecule has 0 atom stereocenters. The van der Waals surface area contributed by atoms with Crippen LogP contribution in [0.1, 0.15) is 67.8 Å². The van der Waals surface area contributed by atoms with Crippen molar-refractivity contribution in [3.8, 4) is 11.5 Å². The molecule has 3 heteroatoms. The molecule has 2 aromatic rings. The molecule has 2 rings (SSSR count). The minimum absolute atomic E-state index is 0.0540. The molecule has 0 unspecified atom stereocenters. The van der Waals surface area contributed by atoms with E-state index in [0.717, 1.165) is 24.3 Å². The molecule has 1 N–H and O–H groups in total. The first-order valence-corrected chi connectivity index (χ1v) is 9.93. The molecule has 0 saturated heterocycles. The maximum absolute atomic E-state index is 12.2. The zero-order valence-corrected chi connectivity index (χ0v) is 16.2. The van der Waals surface area contributed by atoms with Crippen molar-refractivity contribution in [2.24, 2.45) is 0 Å². The van der Waals surface area contributed by atoms with E-state index in [1.165, 1.54) is 38.5 Å². The predicted molar refractivity (Wildman–Crippen MR) is 111 cm³/mol. The summed E-state index contributed by atoms with van der Waals surface area (Å²) in [4.78, 5) is 12.2. The van der Waals surface area contributed by atoms with Crippen LogP contribution in [0.3, 0.4) is 0 Å². The summed E-state index contributed by atoms with van der Waals surface area (Å²) in [6.07, 6.45) is 12.1. The van der Waals surface area contributed by atoms with Gasteiger partial charge in [0, 0.05) is 5.56 Å². The van der Waals surface area contributed by atoms with Gasteiger partial charge in [0.25, 0.3) is 0 Å². The van der Waals surface area contributed by atoms with Gasteiger partial charge < -0.3 is 9.84 Å². The van der Waals surface area contributed by atoms with E-state index in [9.17, 15) is 9.90 Å². The quantitative estimate of drug-likeness (QED) is 0.268. The largest absolute Gasteiger partial charge is 0.508 e. The molecule has 0 aliphatic heterocycles. The molecule has 27 heavy (non-hydrogen) atoms. The van der Waals surface area contributed by atoms with Crippen LogP contribution in [0.25, 0.3) is 6.08 Å². The smallest absolute Gasteiger partial charge is 0.185 e. The Morgan fingerprint density at radius 3 is 2.19 bits per heavy atom. The lowest BCUT2D eigenvalue weighted by Crippen LogP contribution is -1.99. The molecular formula is C24H30O3. The van der Waals surface area contributed by atoms with Gasteiger partial charge in [0.15, 0.2) is 5.78 Å². The first-order chi connectivity index (χ1) is 13.2. The molecule has 0 radical (unpaired) electrons. The number of ketones is 1. The van der Waals surface area contributed by atoms with Gasteiger partial charge in [-0.05, 0) is 54.5 Å². The monoisotopic (exact) mass is 366 g/mol. The minimum Gasteiger partial charge on any atom is -0.508 e. The van der Waals surface area contributed by atoms with E-state index < -0.39 is 0 Å². The molecule has 0 spiro atoms. The Hall–Kier alpha value is -2.55. The van der Waals surface area contributed by atoms with Crippen LogP contribution in [0, 0.1) is 0 Å². The number of rotatable bonds is 12. The maximum Gasteiger partial charge on any atom is 0.185 e. The summed E-state index contributed by atoms with van der Waals surface area (Å²) >= 11 is 0. The predicted octanol–water partition coefficient (Wildman–Crippen LogP) is 6.42. The van der Waals surface area contributed by atoms with E-state index in [4.69, 9.17) is 4.74 Å². The molecule has 0 aliphatic carbocycles. The Morgan fingerprint density at radius 2 is 1.52 bits per heavy atom. The lowest BCUT2D eigenvalue weighted by atomic mass is 10.1. The normalized spacial score (nSPS) is 11.0. The summed E-state index contributed by atoms with van der Waals surface area (Å²) in [5.41, 5.74) is 1.50. The van der Waals surface area contributed by atoms with Gasteiger partial charge in [-0.15, -0.1) is 0 Å². The molecule has 0 amide bonds. The van der Waals surface area contributed by atoms with Gasteiger partial charge in [-0.1, -0.05) is 63.7 Å². The van der Waals surface area contributed by atoms with E-state index in [-0.39, 0.29) is 11.5 Å². The maximum atomic E-state index is 12.2. The average Bonchev–Trinajstić information content (AvgIpc) is 2.70. The van der Waals surface area contributed by atoms with E-state index in [2.05, 4.69) is 6.92 Å². The highest BCUT2D eigenvalue weighted by Gasteiger charge is 2.02. The van der Waals surface area contributed by atoms with Crippen molar-refractivity contribution in [2.45, 2.75) is 51.9 Å². The van der Waals surface area contributed by atoms with Crippen LogP contribution < -0.4 is 4.74 Å². The lowest BCUT2D eigenvalue weighted by Gasteiger charge is -2.06. The highest BCUT2D eigenvalue weighted by molar-refractivity contribution is 6.06. The van der Waals surface area contributed by atoms with Gasteiger partial charge in [-0.2, -0.15) is 0 Å². The van der Waals surface area contributed by atoms with Gasteiger partial charge in [0.1, 0.15) is 11.5 Å². The molecule has 0 saturated carbocycles. The Balaban J connectivity index is 1.71. The van der Waals surface area contributed by atoms with Crippen molar-refractivity contribution in [2.75, 3.05) is 6.61 Å². The number of aromatic hydroxyl groups is 1. The Kier molecular flexibility index (Phi) is 9.19. The molecule has 0 aromatic heterocycles. The van der Waals surface area contributed by atoms with Crippen LogP contribution in [0.4, 0.5) is 0 Å². The van der Waals surface area contributed by atoms with Gasteiger partial charge >= 0.3 is 0 Å². The van der Waals surface area contributed by atoms with Gasteiger partial charge in [-0.3, -0.25) is 4.79 Å². The zero-order valence-electron chi connectivity index (χ0n) is 16.2. The number of allylic oxidation sites excluding steroid dienone is 1. The number of ether oxygens (including phenoxy) is 1. The molecule has 2 aromatic carbocycles.